The summed E-state index contributed by atoms with van der Waals surface area (Å²) in [6.45, 7) is 13.4. The second-order valence-electron chi connectivity index (χ2n) is 13.5. The van der Waals surface area contributed by atoms with Gasteiger partial charge in [0.25, 0.3) is 0 Å². The Morgan fingerprint density at radius 3 is 2.26 bits per heavy atom. The summed E-state index contributed by atoms with van der Waals surface area (Å²) in [5.41, 5.74) is -0.348. The van der Waals surface area contributed by atoms with Gasteiger partial charge >= 0.3 is 5.97 Å². The number of hydrogen-bond donors (Lipinski definition) is 4. The second kappa shape index (κ2) is 9.89. The summed E-state index contributed by atoms with van der Waals surface area (Å²) in [6.07, 6.45) is 2.49. The largest absolute Gasteiger partial charge is 0.465 e. The molecule has 6 heteroatoms. The van der Waals surface area contributed by atoms with Crippen LogP contribution >= 0.6 is 0 Å². The Morgan fingerprint density at radius 1 is 0.971 bits per heavy atom. The molecule has 13 atom stereocenters. The minimum absolute atomic E-state index is 0.00679. The van der Waals surface area contributed by atoms with Gasteiger partial charge in [0.15, 0.2) is 0 Å². The van der Waals surface area contributed by atoms with E-state index in [1.165, 1.54) is 0 Å². The summed E-state index contributed by atoms with van der Waals surface area (Å²) >= 11 is 0. The molecule has 0 aromatic carbocycles. The molecule has 3 saturated carbocycles. The van der Waals surface area contributed by atoms with Crippen LogP contribution in [0.25, 0.3) is 0 Å². The van der Waals surface area contributed by atoms with Crippen LogP contribution in [-0.2, 0) is 9.53 Å². The number of fused-ring (bicyclic) bond motifs is 5. The van der Waals surface area contributed by atoms with Crippen LogP contribution in [0.5, 0.6) is 0 Å². The monoisotopic (exact) mass is 494 g/mol. The minimum atomic E-state index is -0.867. The van der Waals surface area contributed by atoms with Gasteiger partial charge in [0.1, 0.15) is 0 Å². The molecular formula is C29H50O6. The molecule has 0 aromatic heterocycles. The lowest BCUT2D eigenvalue weighted by atomic mass is 9.48. The smallest absolute Gasteiger partial charge is 0.309 e. The van der Waals surface area contributed by atoms with Crippen LogP contribution in [-0.4, -0.2) is 57.4 Å². The van der Waals surface area contributed by atoms with E-state index in [1.54, 1.807) is 0 Å². The maximum absolute atomic E-state index is 13.0. The molecule has 4 fully saturated rings. The van der Waals surface area contributed by atoms with E-state index in [0.29, 0.717) is 30.8 Å². The summed E-state index contributed by atoms with van der Waals surface area (Å²) < 4.78 is 5.88. The van der Waals surface area contributed by atoms with Crippen molar-refractivity contribution in [3.05, 3.63) is 0 Å². The summed E-state index contributed by atoms with van der Waals surface area (Å²) in [5.74, 6) is 1.01. The molecule has 3 aliphatic carbocycles. The van der Waals surface area contributed by atoms with Crippen LogP contribution in [0.1, 0.15) is 86.5 Å². The number of aliphatic hydroxyl groups excluding tert-OH is 4. The molecule has 202 valence electrons. The lowest BCUT2D eigenvalue weighted by Crippen LogP contribution is -2.55. The second-order valence-corrected chi connectivity index (χ2v) is 13.5. The van der Waals surface area contributed by atoms with Crippen molar-refractivity contribution in [2.24, 2.45) is 58.2 Å². The predicted octanol–water partition coefficient (Wildman–Crippen LogP) is 3.78. The van der Waals surface area contributed by atoms with Crippen LogP contribution in [0.15, 0.2) is 0 Å². The first-order valence-corrected chi connectivity index (χ1v) is 14.3. The first kappa shape index (κ1) is 27.3. The summed E-state index contributed by atoms with van der Waals surface area (Å²) in [6, 6.07) is 0. The van der Waals surface area contributed by atoms with Crippen molar-refractivity contribution < 1.29 is 30.0 Å². The highest BCUT2D eigenvalue weighted by Gasteiger charge is 2.63. The summed E-state index contributed by atoms with van der Waals surface area (Å²) in [5, 5.41) is 43.2. The molecule has 35 heavy (non-hydrogen) atoms. The summed E-state index contributed by atoms with van der Waals surface area (Å²) in [7, 11) is 0. The van der Waals surface area contributed by atoms with Crippen molar-refractivity contribution in [3.8, 4) is 0 Å². The third-order valence-electron chi connectivity index (χ3n) is 11.7. The Bertz CT molecular complexity index is 770. The van der Waals surface area contributed by atoms with Crippen LogP contribution < -0.4 is 0 Å². The van der Waals surface area contributed by atoms with E-state index in [9.17, 15) is 25.2 Å². The zero-order valence-electron chi connectivity index (χ0n) is 22.7. The SMILES string of the molecule is CC[C@@H](C(C)C)[C@H](O)[C@@H](O)[C@@H](C)C1CCC2C3COC(=O)[C@H]4C[C@H](O)[C@H](O)C[C@]4(C)C3CC[C@@]21C. The quantitative estimate of drug-likeness (QED) is 0.419. The van der Waals surface area contributed by atoms with E-state index in [1.807, 2.05) is 0 Å². The van der Waals surface area contributed by atoms with E-state index < -0.39 is 24.4 Å². The van der Waals surface area contributed by atoms with E-state index in [2.05, 4.69) is 41.5 Å². The average Bonchev–Trinajstić information content (AvgIpc) is 3.11. The molecule has 6 nitrogen and oxygen atoms in total. The van der Waals surface area contributed by atoms with Gasteiger partial charge in [-0.3, -0.25) is 4.79 Å². The Labute approximate surface area is 211 Å². The number of rotatable bonds is 6. The Kier molecular flexibility index (Phi) is 7.72. The van der Waals surface area contributed by atoms with Crippen LogP contribution in [0.3, 0.4) is 0 Å². The van der Waals surface area contributed by atoms with Crippen LogP contribution in [0.4, 0.5) is 0 Å². The lowest BCUT2D eigenvalue weighted by molar-refractivity contribution is -0.162. The van der Waals surface area contributed by atoms with E-state index in [-0.39, 0.29) is 52.8 Å². The molecule has 0 bridgehead atoms. The van der Waals surface area contributed by atoms with Gasteiger partial charge in [-0.2, -0.15) is 0 Å². The molecule has 4 rings (SSSR count). The topological polar surface area (TPSA) is 107 Å². The van der Waals surface area contributed by atoms with Crippen molar-refractivity contribution in [2.45, 2.75) is 111 Å². The molecule has 0 radical (unpaired) electrons. The van der Waals surface area contributed by atoms with Gasteiger partial charge in [0.05, 0.1) is 36.9 Å². The van der Waals surface area contributed by atoms with Gasteiger partial charge in [-0.25, -0.2) is 0 Å². The summed E-state index contributed by atoms with van der Waals surface area (Å²) in [4.78, 5) is 13.0. The fraction of sp³-hybridized carbons (Fsp3) is 0.966. The third-order valence-corrected chi connectivity index (χ3v) is 11.7. The number of esters is 1. The number of aliphatic hydroxyl groups is 4. The average molecular weight is 495 g/mol. The maximum atomic E-state index is 13.0. The highest BCUT2D eigenvalue weighted by Crippen LogP contribution is 2.66. The fourth-order valence-electron chi connectivity index (χ4n) is 9.60. The fourth-order valence-corrected chi connectivity index (χ4v) is 9.60. The molecule has 0 spiro atoms. The number of cyclic esters (lactones) is 1. The van der Waals surface area contributed by atoms with Gasteiger partial charge in [0, 0.05) is 0 Å². The number of hydrogen-bond acceptors (Lipinski definition) is 6. The molecule has 1 saturated heterocycles. The molecule has 0 aromatic rings. The normalized spacial score (nSPS) is 47.1. The van der Waals surface area contributed by atoms with Crippen LogP contribution in [0, 0.1) is 58.2 Å². The van der Waals surface area contributed by atoms with Crippen molar-refractivity contribution in [3.63, 3.8) is 0 Å². The zero-order chi connectivity index (χ0) is 25.9. The highest BCUT2D eigenvalue weighted by molar-refractivity contribution is 5.74. The predicted molar refractivity (Wildman–Crippen MR) is 134 cm³/mol. The van der Waals surface area contributed by atoms with Crippen molar-refractivity contribution >= 4 is 5.97 Å². The molecule has 1 aliphatic heterocycles. The molecule has 0 amide bonds. The van der Waals surface area contributed by atoms with Crippen molar-refractivity contribution in [1.29, 1.82) is 0 Å². The van der Waals surface area contributed by atoms with Gasteiger partial charge in [0.2, 0.25) is 0 Å². The first-order chi connectivity index (χ1) is 16.4. The van der Waals surface area contributed by atoms with Gasteiger partial charge < -0.3 is 25.2 Å². The third kappa shape index (κ3) is 4.38. The maximum Gasteiger partial charge on any atom is 0.309 e. The van der Waals surface area contributed by atoms with E-state index >= 15 is 0 Å². The number of carbonyl (C=O) groups is 1. The van der Waals surface area contributed by atoms with Gasteiger partial charge in [-0.15, -0.1) is 0 Å². The Hall–Kier alpha value is -0.690. The van der Waals surface area contributed by atoms with Gasteiger partial charge in [-0.1, -0.05) is 48.0 Å². The van der Waals surface area contributed by atoms with E-state index in [0.717, 1.165) is 32.1 Å². The first-order valence-electron chi connectivity index (χ1n) is 14.3. The highest BCUT2D eigenvalue weighted by atomic mass is 16.5. The minimum Gasteiger partial charge on any atom is -0.465 e. The standard InChI is InChI=1S/C29H50O6/c1-7-17(15(2)3)26(33)25(32)16(4)19-8-9-20-18-14-35-27(34)22-12-23(30)24(31)13-29(22,6)21(18)10-11-28(19,20)5/h15-26,30-33H,7-14H2,1-6H3/t16-,17-,18?,19?,20?,21?,22+,23-,24+,25-,26-,28+,29+/m0/s1. The molecule has 1 heterocycles. The number of ether oxygens (including phenoxy) is 1. The Morgan fingerprint density at radius 2 is 1.63 bits per heavy atom. The number of carbonyl (C=O) groups excluding carboxylic acids is 1. The lowest BCUT2D eigenvalue weighted by Gasteiger charge is -2.56. The van der Waals surface area contributed by atoms with E-state index in [4.69, 9.17) is 4.74 Å². The molecule has 4 aliphatic rings. The van der Waals surface area contributed by atoms with Crippen molar-refractivity contribution in [1.82, 2.24) is 0 Å². The van der Waals surface area contributed by atoms with Crippen LogP contribution in [0.2, 0.25) is 0 Å². The Balaban J connectivity index is 1.57. The zero-order valence-corrected chi connectivity index (χ0v) is 22.7. The molecule has 4 unspecified atom stereocenters. The molecular weight excluding hydrogens is 444 g/mol. The van der Waals surface area contributed by atoms with Gasteiger partial charge in [-0.05, 0) is 90.8 Å². The molecule has 4 N–H and O–H groups in total. The van der Waals surface area contributed by atoms with Crippen molar-refractivity contribution in [2.75, 3.05) is 6.61 Å².